The van der Waals surface area contributed by atoms with E-state index < -0.39 is 0 Å². The molecule has 0 amide bonds. The van der Waals surface area contributed by atoms with E-state index in [4.69, 9.17) is 14.2 Å². The molecule has 1 aliphatic rings. The maximum Gasteiger partial charge on any atom is 0.203 e. The third-order valence-electron chi connectivity index (χ3n) is 3.34. The van der Waals surface area contributed by atoms with Gasteiger partial charge in [-0.2, -0.15) is 0 Å². The number of ketones is 1. The molecule has 0 aromatic heterocycles. The monoisotopic (exact) mass is 264 g/mol. The molecule has 1 aromatic carbocycles. The van der Waals surface area contributed by atoms with Gasteiger partial charge in [-0.1, -0.05) is 0 Å². The van der Waals surface area contributed by atoms with Crippen LogP contribution in [0.15, 0.2) is 6.07 Å². The van der Waals surface area contributed by atoms with Gasteiger partial charge in [0.25, 0.3) is 0 Å². The van der Waals surface area contributed by atoms with E-state index in [0.29, 0.717) is 34.8 Å². The molecular weight excluding hydrogens is 248 g/mol. The van der Waals surface area contributed by atoms with E-state index in [2.05, 4.69) is 0 Å². The Morgan fingerprint density at radius 2 is 1.79 bits per heavy atom. The topological polar surface area (TPSA) is 61.8 Å². The SMILES string of the molecule is COc1cc2c(c(OC)c1OC)C[C@@H](C=O)CC2=O. The lowest BCUT2D eigenvalue weighted by molar-refractivity contribution is -0.111. The third kappa shape index (κ3) is 2.16. The second-order valence-electron chi connectivity index (χ2n) is 4.40. The molecule has 1 atom stereocenters. The van der Waals surface area contributed by atoms with Crippen molar-refractivity contribution in [3.8, 4) is 17.2 Å². The molecule has 2 rings (SSSR count). The Morgan fingerprint density at radius 3 is 2.32 bits per heavy atom. The molecule has 0 spiro atoms. The minimum Gasteiger partial charge on any atom is -0.493 e. The number of carbonyl (C=O) groups is 2. The Balaban J connectivity index is 2.66. The minimum absolute atomic E-state index is 0.0717. The van der Waals surface area contributed by atoms with Crippen LogP contribution in [0.2, 0.25) is 0 Å². The number of rotatable bonds is 4. The lowest BCUT2D eigenvalue weighted by atomic mass is 9.83. The van der Waals surface area contributed by atoms with Gasteiger partial charge in [0, 0.05) is 23.5 Å². The Kier molecular flexibility index (Phi) is 3.74. The number of hydrogen-bond acceptors (Lipinski definition) is 5. The molecular formula is C14H16O5. The van der Waals surface area contributed by atoms with Crippen molar-refractivity contribution >= 4 is 12.1 Å². The number of fused-ring (bicyclic) bond motifs is 1. The highest BCUT2D eigenvalue weighted by Gasteiger charge is 2.31. The highest BCUT2D eigenvalue weighted by Crippen LogP contribution is 2.44. The number of Topliss-reactive ketones (excluding diaryl/α,β-unsaturated/α-hetero) is 1. The predicted octanol–water partition coefficient (Wildman–Crippen LogP) is 1.66. The maximum absolute atomic E-state index is 12.1. The maximum atomic E-state index is 12.1. The van der Waals surface area contributed by atoms with Crippen LogP contribution in [0.25, 0.3) is 0 Å². The Labute approximate surface area is 111 Å². The summed E-state index contributed by atoms with van der Waals surface area (Å²) in [5.41, 5.74) is 1.26. The van der Waals surface area contributed by atoms with Crippen LogP contribution in [-0.2, 0) is 11.2 Å². The number of hydrogen-bond donors (Lipinski definition) is 0. The first-order chi connectivity index (χ1) is 9.15. The lowest BCUT2D eigenvalue weighted by Gasteiger charge is -2.24. The Bertz CT molecular complexity index is 521. The number of aldehydes is 1. The molecule has 19 heavy (non-hydrogen) atoms. The summed E-state index contributed by atoms with van der Waals surface area (Å²) in [4.78, 5) is 23.0. The Morgan fingerprint density at radius 1 is 1.11 bits per heavy atom. The van der Waals surface area contributed by atoms with Crippen LogP contribution in [-0.4, -0.2) is 33.4 Å². The Hall–Kier alpha value is -2.04. The molecule has 0 fully saturated rings. The number of carbonyl (C=O) groups excluding carboxylic acids is 2. The summed E-state index contributed by atoms with van der Waals surface area (Å²) < 4.78 is 15.8. The van der Waals surface area contributed by atoms with Gasteiger partial charge < -0.3 is 19.0 Å². The van der Waals surface area contributed by atoms with E-state index in [9.17, 15) is 9.59 Å². The van der Waals surface area contributed by atoms with Crippen molar-refractivity contribution in [3.63, 3.8) is 0 Å². The molecule has 5 heteroatoms. The highest BCUT2D eigenvalue weighted by atomic mass is 16.5. The molecule has 0 radical (unpaired) electrons. The average molecular weight is 264 g/mol. The van der Waals surface area contributed by atoms with Gasteiger partial charge >= 0.3 is 0 Å². The van der Waals surface area contributed by atoms with Gasteiger partial charge in [-0.25, -0.2) is 0 Å². The summed E-state index contributed by atoms with van der Waals surface area (Å²) in [6.45, 7) is 0. The zero-order valence-corrected chi connectivity index (χ0v) is 11.2. The number of methoxy groups -OCH3 is 3. The summed E-state index contributed by atoms with van der Waals surface area (Å²) in [7, 11) is 4.52. The van der Waals surface area contributed by atoms with Crippen LogP contribution in [0.5, 0.6) is 17.2 Å². The van der Waals surface area contributed by atoms with Gasteiger partial charge in [0.1, 0.15) is 6.29 Å². The van der Waals surface area contributed by atoms with Gasteiger partial charge in [0.15, 0.2) is 17.3 Å². The molecule has 1 aromatic rings. The van der Waals surface area contributed by atoms with E-state index in [1.807, 2.05) is 0 Å². The first-order valence-electron chi connectivity index (χ1n) is 5.96. The normalized spacial score (nSPS) is 17.6. The van der Waals surface area contributed by atoms with E-state index in [0.717, 1.165) is 6.29 Å². The molecule has 0 saturated carbocycles. The summed E-state index contributed by atoms with van der Waals surface area (Å²) in [6, 6.07) is 1.65. The zero-order valence-electron chi connectivity index (χ0n) is 11.2. The molecule has 0 bridgehead atoms. The van der Waals surface area contributed by atoms with E-state index in [-0.39, 0.29) is 18.1 Å². The van der Waals surface area contributed by atoms with E-state index in [1.165, 1.54) is 21.3 Å². The molecule has 5 nitrogen and oxygen atoms in total. The standard InChI is InChI=1S/C14H16O5/c1-17-12-6-9-10(13(18-2)14(12)19-3)4-8(7-15)5-11(9)16/h6-8H,4-5H2,1-3H3/t8-/m1/s1. The number of benzene rings is 1. The lowest BCUT2D eigenvalue weighted by Crippen LogP contribution is -2.22. The molecule has 0 N–H and O–H groups in total. The smallest absolute Gasteiger partial charge is 0.203 e. The molecule has 0 aliphatic heterocycles. The van der Waals surface area contributed by atoms with Crippen LogP contribution in [0.4, 0.5) is 0 Å². The van der Waals surface area contributed by atoms with Gasteiger partial charge in [-0.3, -0.25) is 4.79 Å². The van der Waals surface area contributed by atoms with Crippen LogP contribution >= 0.6 is 0 Å². The fourth-order valence-corrected chi connectivity index (χ4v) is 2.45. The van der Waals surface area contributed by atoms with Gasteiger partial charge in [-0.15, -0.1) is 0 Å². The first kappa shape index (κ1) is 13.4. The highest BCUT2D eigenvalue weighted by molar-refractivity contribution is 6.01. The van der Waals surface area contributed by atoms with Crippen molar-refractivity contribution in [3.05, 3.63) is 17.2 Å². The average Bonchev–Trinajstić information content (AvgIpc) is 2.44. The fourth-order valence-electron chi connectivity index (χ4n) is 2.45. The largest absolute Gasteiger partial charge is 0.493 e. The quantitative estimate of drug-likeness (QED) is 0.774. The van der Waals surface area contributed by atoms with Crippen LogP contribution in [0.1, 0.15) is 22.3 Å². The molecule has 0 saturated heterocycles. The van der Waals surface area contributed by atoms with Crippen LogP contribution in [0.3, 0.4) is 0 Å². The second kappa shape index (κ2) is 5.30. The van der Waals surface area contributed by atoms with Gasteiger partial charge in [0.2, 0.25) is 5.75 Å². The van der Waals surface area contributed by atoms with Crippen molar-refractivity contribution in [2.24, 2.45) is 5.92 Å². The molecule has 0 unspecified atom stereocenters. The van der Waals surface area contributed by atoms with Crippen molar-refractivity contribution in [2.75, 3.05) is 21.3 Å². The summed E-state index contributed by atoms with van der Waals surface area (Å²) in [6.07, 6.45) is 1.53. The van der Waals surface area contributed by atoms with Crippen molar-refractivity contribution in [2.45, 2.75) is 12.8 Å². The van der Waals surface area contributed by atoms with Gasteiger partial charge in [0.05, 0.1) is 21.3 Å². The summed E-state index contributed by atoms with van der Waals surface area (Å²) in [5.74, 6) is 1.00. The first-order valence-corrected chi connectivity index (χ1v) is 5.96. The molecule has 102 valence electrons. The van der Waals surface area contributed by atoms with E-state index >= 15 is 0 Å². The van der Waals surface area contributed by atoms with Crippen LogP contribution in [0, 0.1) is 5.92 Å². The van der Waals surface area contributed by atoms with Crippen molar-refractivity contribution in [1.82, 2.24) is 0 Å². The summed E-state index contributed by atoms with van der Waals surface area (Å²) in [5, 5.41) is 0. The van der Waals surface area contributed by atoms with E-state index in [1.54, 1.807) is 6.07 Å². The van der Waals surface area contributed by atoms with Gasteiger partial charge in [-0.05, 0) is 12.5 Å². The second-order valence-corrected chi connectivity index (χ2v) is 4.40. The minimum atomic E-state index is -0.299. The number of ether oxygens (including phenoxy) is 3. The van der Waals surface area contributed by atoms with Crippen LogP contribution < -0.4 is 14.2 Å². The van der Waals surface area contributed by atoms with Crippen molar-refractivity contribution < 1.29 is 23.8 Å². The zero-order chi connectivity index (χ0) is 14.0. The molecule has 1 aliphatic carbocycles. The van der Waals surface area contributed by atoms with Crippen molar-refractivity contribution in [1.29, 1.82) is 0 Å². The predicted molar refractivity (Wildman–Crippen MR) is 68.3 cm³/mol. The summed E-state index contributed by atoms with van der Waals surface area (Å²) >= 11 is 0. The molecule has 0 heterocycles. The third-order valence-corrected chi connectivity index (χ3v) is 3.34. The fraction of sp³-hybridized carbons (Fsp3) is 0.429.